The van der Waals surface area contributed by atoms with Crippen molar-refractivity contribution in [2.45, 2.75) is 17.8 Å². The Balaban J connectivity index is 1.66. The molecule has 2 aromatic carbocycles. The molecule has 3 aromatic rings. The molecule has 0 fully saturated rings. The third kappa shape index (κ3) is 4.09. The lowest BCUT2D eigenvalue weighted by molar-refractivity contribution is 0.0526. The summed E-state index contributed by atoms with van der Waals surface area (Å²) in [6, 6.07) is 17.5. The maximum Gasteiger partial charge on any atom is 0.338 e. The number of benzene rings is 2. The Kier molecular flexibility index (Phi) is 5.50. The molecular weight excluding hydrogens is 334 g/mol. The Morgan fingerprint density at radius 3 is 2.48 bits per heavy atom. The summed E-state index contributed by atoms with van der Waals surface area (Å²) in [5.41, 5.74) is 2.73. The van der Waals surface area contributed by atoms with Gasteiger partial charge in [0.1, 0.15) is 0 Å². The van der Waals surface area contributed by atoms with Gasteiger partial charge >= 0.3 is 5.97 Å². The van der Waals surface area contributed by atoms with Crippen molar-refractivity contribution in [3.8, 4) is 11.4 Å². The lowest BCUT2D eigenvalue weighted by Crippen LogP contribution is -2.04. The second-order valence-corrected chi connectivity index (χ2v) is 6.38. The molecular formula is C19H19N3O2S. The first-order chi connectivity index (χ1) is 12.2. The Labute approximate surface area is 151 Å². The molecule has 0 aliphatic heterocycles. The smallest absolute Gasteiger partial charge is 0.338 e. The predicted octanol–water partition coefficient (Wildman–Crippen LogP) is 3.95. The van der Waals surface area contributed by atoms with Gasteiger partial charge in [-0.2, -0.15) is 0 Å². The number of hydrogen-bond acceptors (Lipinski definition) is 5. The van der Waals surface area contributed by atoms with E-state index in [2.05, 4.69) is 10.2 Å². The van der Waals surface area contributed by atoms with Crippen LogP contribution in [0.25, 0.3) is 11.4 Å². The molecule has 5 nitrogen and oxygen atoms in total. The van der Waals surface area contributed by atoms with Crippen molar-refractivity contribution in [2.24, 2.45) is 7.05 Å². The molecule has 1 aromatic heterocycles. The molecule has 0 saturated carbocycles. The van der Waals surface area contributed by atoms with Crippen LogP contribution in [0.4, 0.5) is 0 Å². The van der Waals surface area contributed by atoms with Crippen molar-refractivity contribution in [3.05, 3.63) is 65.7 Å². The zero-order valence-electron chi connectivity index (χ0n) is 14.2. The molecule has 0 aliphatic carbocycles. The highest BCUT2D eigenvalue weighted by molar-refractivity contribution is 7.98. The Morgan fingerprint density at radius 2 is 1.80 bits per heavy atom. The highest BCUT2D eigenvalue weighted by Gasteiger charge is 2.11. The second-order valence-electron chi connectivity index (χ2n) is 5.44. The number of aromatic nitrogens is 3. The highest BCUT2D eigenvalue weighted by atomic mass is 32.2. The number of thioether (sulfide) groups is 1. The van der Waals surface area contributed by atoms with Gasteiger partial charge in [0.25, 0.3) is 0 Å². The minimum absolute atomic E-state index is 0.289. The average molecular weight is 353 g/mol. The molecule has 6 heteroatoms. The van der Waals surface area contributed by atoms with E-state index in [9.17, 15) is 4.79 Å². The third-order valence-corrected chi connectivity index (χ3v) is 4.79. The van der Waals surface area contributed by atoms with E-state index in [1.165, 1.54) is 0 Å². The molecule has 0 radical (unpaired) electrons. The van der Waals surface area contributed by atoms with E-state index in [1.807, 2.05) is 54.1 Å². The number of rotatable bonds is 6. The summed E-state index contributed by atoms with van der Waals surface area (Å²) in [7, 11) is 1.97. The maximum absolute atomic E-state index is 11.7. The average Bonchev–Trinajstić information content (AvgIpc) is 3.02. The van der Waals surface area contributed by atoms with Gasteiger partial charge in [-0.25, -0.2) is 4.79 Å². The number of carbonyl (C=O) groups is 1. The molecule has 0 bridgehead atoms. The topological polar surface area (TPSA) is 57.0 Å². The van der Waals surface area contributed by atoms with Crippen molar-refractivity contribution in [2.75, 3.05) is 6.61 Å². The fourth-order valence-corrected chi connectivity index (χ4v) is 3.25. The van der Waals surface area contributed by atoms with Gasteiger partial charge in [0.05, 0.1) is 12.2 Å². The number of ether oxygens (including phenoxy) is 1. The molecule has 25 heavy (non-hydrogen) atoms. The molecule has 0 amide bonds. The van der Waals surface area contributed by atoms with Gasteiger partial charge in [-0.05, 0) is 24.6 Å². The largest absolute Gasteiger partial charge is 0.462 e. The zero-order valence-corrected chi connectivity index (χ0v) is 15.0. The van der Waals surface area contributed by atoms with E-state index in [0.717, 1.165) is 27.9 Å². The molecule has 0 aliphatic rings. The van der Waals surface area contributed by atoms with E-state index in [4.69, 9.17) is 4.74 Å². The molecule has 0 unspecified atom stereocenters. The third-order valence-electron chi connectivity index (χ3n) is 3.70. The summed E-state index contributed by atoms with van der Waals surface area (Å²) in [5, 5.41) is 9.42. The normalized spacial score (nSPS) is 10.6. The van der Waals surface area contributed by atoms with E-state index in [-0.39, 0.29) is 5.97 Å². The molecule has 128 valence electrons. The first-order valence-corrected chi connectivity index (χ1v) is 9.01. The molecule has 1 heterocycles. The molecule has 0 N–H and O–H groups in total. The van der Waals surface area contributed by atoms with Crippen LogP contribution in [0.5, 0.6) is 0 Å². The number of carbonyl (C=O) groups excluding carboxylic acids is 1. The Bertz CT molecular complexity index is 845. The molecule has 3 rings (SSSR count). The number of hydrogen-bond donors (Lipinski definition) is 0. The SMILES string of the molecule is CCOC(=O)c1ccc(CSc2nnc(-c3ccccc3)n2C)cc1. The number of esters is 1. The van der Waals surface area contributed by atoms with Crippen LogP contribution >= 0.6 is 11.8 Å². The van der Waals surface area contributed by atoms with Crippen LogP contribution in [0, 0.1) is 0 Å². The van der Waals surface area contributed by atoms with E-state index < -0.39 is 0 Å². The fraction of sp³-hybridized carbons (Fsp3) is 0.211. The molecule has 0 saturated heterocycles. The minimum atomic E-state index is -0.289. The van der Waals surface area contributed by atoms with Crippen molar-refractivity contribution in [1.29, 1.82) is 0 Å². The van der Waals surface area contributed by atoms with Gasteiger partial charge in [0, 0.05) is 18.4 Å². The summed E-state index contributed by atoms with van der Waals surface area (Å²) in [6.45, 7) is 2.18. The summed E-state index contributed by atoms with van der Waals surface area (Å²) in [6.07, 6.45) is 0. The fourth-order valence-electron chi connectivity index (χ4n) is 2.38. The summed E-state index contributed by atoms with van der Waals surface area (Å²) in [4.78, 5) is 11.7. The standard InChI is InChI=1S/C19H19N3O2S/c1-3-24-18(23)16-11-9-14(10-12-16)13-25-19-21-20-17(22(19)2)15-7-5-4-6-8-15/h4-12H,3,13H2,1-2H3. The van der Waals surface area contributed by atoms with Crippen molar-refractivity contribution >= 4 is 17.7 Å². The minimum Gasteiger partial charge on any atom is -0.462 e. The Morgan fingerprint density at radius 1 is 1.08 bits per heavy atom. The van der Waals surface area contributed by atoms with Crippen molar-refractivity contribution in [3.63, 3.8) is 0 Å². The van der Waals surface area contributed by atoms with Gasteiger partial charge < -0.3 is 9.30 Å². The monoisotopic (exact) mass is 353 g/mol. The first kappa shape index (κ1) is 17.2. The number of nitrogens with zero attached hydrogens (tertiary/aromatic N) is 3. The van der Waals surface area contributed by atoms with E-state index in [0.29, 0.717) is 12.2 Å². The summed E-state index contributed by atoms with van der Waals surface area (Å²) < 4.78 is 6.98. The van der Waals surface area contributed by atoms with Gasteiger partial charge in [0.2, 0.25) is 0 Å². The van der Waals surface area contributed by atoms with E-state index in [1.54, 1.807) is 30.8 Å². The maximum atomic E-state index is 11.7. The summed E-state index contributed by atoms with van der Waals surface area (Å²) in [5.74, 6) is 1.31. The van der Waals surface area contributed by atoms with Crippen LogP contribution in [0.1, 0.15) is 22.8 Å². The lowest BCUT2D eigenvalue weighted by atomic mass is 10.1. The second kappa shape index (κ2) is 7.98. The van der Waals surface area contributed by atoms with Gasteiger partial charge in [-0.15, -0.1) is 10.2 Å². The van der Waals surface area contributed by atoms with Gasteiger partial charge in [0.15, 0.2) is 11.0 Å². The van der Waals surface area contributed by atoms with E-state index >= 15 is 0 Å². The first-order valence-electron chi connectivity index (χ1n) is 8.02. The quantitative estimate of drug-likeness (QED) is 0.496. The van der Waals surface area contributed by atoms with Crippen molar-refractivity contribution in [1.82, 2.24) is 14.8 Å². The highest BCUT2D eigenvalue weighted by Crippen LogP contribution is 2.25. The lowest BCUT2D eigenvalue weighted by Gasteiger charge is -2.05. The van der Waals surface area contributed by atoms with Crippen LogP contribution in [0.2, 0.25) is 0 Å². The van der Waals surface area contributed by atoms with Crippen LogP contribution in [-0.2, 0) is 17.5 Å². The van der Waals surface area contributed by atoms with Crippen LogP contribution in [0.15, 0.2) is 59.8 Å². The summed E-state index contributed by atoms with van der Waals surface area (Å²) >= 11 is 1.61. The van der Waals surface area contributed by atoms with Crippen LogP contribution in [0.3, 0.4) is 0 Å². The van der Waals surface area contributed by atoms with Crippen LogP contribution in [-0.4, -0.2) is 27.3 Å². The van der Waals surface area contributed by atoms with Crippen LogP contribution < -0.4 is 0 Å². The predicted molar refractivity (Wildman–Crippen MR) is 98.4 cm³/mol. The molecule has 0 atom stereocenters. The van der Waals surface area contributed by atoms with Gasteiger partial charge in [-0.1, -0.05) is 54.2 Å². The Hall–Kier alpha value is -2.60. The van der Waals surface area contributed by atoms with Gasteiger partial charge in [-0.3, -0.25) is 0 Å². The molecule has 0 spiro atoms. The zero-order chi connectivity index (χ0) is 17.6. The van der Waals surface area contributed by atoms with Crippen molar-refractivity contribution < 1.29 is 9.53 Å².